The summed E-state index contributed by atoms with van der Waals surface area (Å²) in [7, 11) is -1.96. The number of nitrogen functional groups attached to an aromatic ring is 1. The number of H-pyrrole nitrogens is 1. The number of carbonyl (C=O) groups excluding carboxylic acids is 2. The van der Waals surface area contributed by atoms with Crippen LogP contribution in [0.25, 0.3) is 132 Å². The number of carbonyl (C=O) groups is 2. The number of aromatic nitrogens is 6. The number of aldehydes is 2. The van der Waals surface area contributed by atoms with Crippen molar-refractivity contribution in [1.29, 1.82) is 0 Å². The van der Waals surface area contributed by atoms with Crippen molar-refractivity contribution >= 4 is 222 Å². The third kappa shape index (κ3) is 18.5. The maximum Gasteiger partial charge on any atom is 0.494 e. The fourth-order valence-corrected chi connectivity index (χ4v) is 15.4. The van der Waals surface area contributed by atoms with Gasteiger partial charge in [-0.15, -0.1) is 0 Å². The van der Waals surface area contributed by atoms with Crippen LogP contribution in [0.3, 0.4) is 0 Å². The van der Waals surface area contributed by atoms with Gasteiger partial charge in [0.05, 0.1) is 66.0 Å². The lowest BCUT2D eigenvalue weighted by atomic mass is 9.77. The first kappa shape index (κ1) is 84.6. The SMILES string of the molecule is CC1(C)OB(c2ccc3c(c2)nc2c4ccccc4c4ccccc4n32)OC1(C)C.Clc1ccc2c(c1)nc1c3ccccc3c3ccccc3n21.Clc1ccc2nc(-c3ccccc3-c3ccccc3Cl)[nH]c2c1.Clc1ccccc1Br.O=Cc1ccccc1-c1ccccc1Cl.O=Cc1ccccc1B(O)O.[N-]=[N+]=Nc1ccc(Cl)cc1N. The summed E-state index contributed by atoms with van der Waals surface area (Å²) in [6, 6.07) is 101. The number of para-hydroxylation sites is 2. The molecule has 16 nitrogen and oxygen atoms in total. The lowest BCUT2D eigenvalue weighted by Crippen LogP contribution is -2.41. The molecule has 0 unspecified atom stereocenters. The van der Waals surface area contributed by atoms with Crippen molar-refractivity contribution < 1.29 is 28.9 Å². The second-order valence-corrected chi connectivity index (χ2v) is 31.9. The van der Waals surface area contributed by atoms with E-state index in [1.165, 1.54) is 45.3 Å². The number of benzene rings is 14. The Kier molecular flexibility index (Phi) is 26.5. The van der Waals surface area contributed by atoms with Gasteiger partial charge >= 0.3 is 14.2 Å². The largest absolute Gasteiger partial charge is 0.494 e. The van der Waals surface area contributed by atoms with Crippen molar-refractivity contribution in [3.63, 3.8) is 0 Å². The van der Waals surface area contributed by atoms with Gasteiger partial charge in [-0.1, -0.05) is 287 Å². The molecule has 5 N–H and O–H groups in total. The molecule has 0 radical (unpaired) electrons. The quantitative estimate of drug-likeness (QED) is 0.0214. The minimum Gasteiger partial charge on any atom is -0.423 e. The van der Waals surface area contributed by atoms with E-state index < -0.39 is 14.2 Å². The Bertz CT molecular complexity index is 7070. The number of fused-ring (bicyclic) bond motifs is 17. The Morgan fingerprint density at radius 3 is 1.41 bits per heavy atom. The Morgan fingerprint density at radius 1 is 0.450 bits per heavy atom. The number of hydrogen-bond acceptors (Lipinski definition) is 11. The fraction of sp³-hybridized carbons (Fsp3) is 0.0632. The zero-order valence-electron chi connectivity index (χ0n) is 64.7. The molecule has 5 aromatic heterocycles. The maximum absolute atomic E-state index is 10.9. The average molecular weight is 1760 g/mol. The van der Waals surface area contributed by atoms with Crippen LogP contribution >= 0.6 is 85.5 Å². The van der Waals surface area contributed by atoms with Crippen molar-refractivity contribution in [3.8, 4) is 33.6 Å². The van der Waals surface area contributed by atoms with Crippen LogP contribution in [0.4, 0.5) is 11.4 Å². The van der Waals surface area contributed by atoms with E-state index in [4.69, 9.17) is 110 Å². The van der Waals surface area contributed by atoms with Crippen LogP contribution in [-0.2, 0) is 9.31 Å². The van der Waals surface area contributed by atoms with Crippen LogP contribution in [0.5, 0.6) is 0 Å². The van der Waals surface area contributed by atoms with Crippen molar-refractivity contribution in [1.82, 2.24) is 28.7 Å². The highest BCUT2D eigenvalue weighted by atomic mass is 79.9. The number of anilines is 1. The summed E-state index contributed by atoms with van der Waals surface area (Å²) >= 11 is 39.2. The summed E-state index contributed by atoms with van der Waals surface area (Å²) in [5, 5.41) is 32.1. The van der Waals surface area contributed by atoms with Gasteiger partial charge in [-0.3, -0.25) is 18.4 Å². The normalized spacial score (nSPS) is 12.4. The van der Waals surface area contributed by atoms with Crippen molar-refractivity contribution in [2.24, 2.45) is 5.11 Å². The highest BCUT2D eigenvalue weighted by Crippen LogP contribution is 2.40. The van der Waals surface area contributed by atoms with Gasteiger partial charge in [-0.05, 0) is 185 Å². The summed E-state index contributed by atoms with van der Waals surface area (Å²) < 4.78 is 17.9. The van der Waals surface area contributed by atoms with Crippen molar-refractivity contribution in [2.75, 3.05) is 5.73 Å². The van der Waals surface area contributed by atoms with Gasteiger partial charge in [0.2, 0.25) is 0 Å². The molecule has 0 saturated carbocycles. The zero-order valence-corrected chi connectivity index (χ0v) is 70.8. The number of rotatable bonds is 8. The lowest BCUT2D eigenvalue weighted by Gasteiger charge is -2.32. The molecule has 14 aromatic carbocycles. The van der Waals surface area contributed by atoms with Gasteiger partial charge in [0.1, 0.15) is 23.4 Å². The number of pyridine rings is 2. The number of nitrogens with two attached hydrogens (primary N) is 1. The number of aromatic amines is 1. The van der Waals surface area contributed by atoms with E-state index in [0.29, 0.717) is 48.9 Å². The highest BCUT2D eigenvalue weighted by molar-refractivity contribution is 9.10. The van der Waals surface area contributed by atoms with E-state index in [9.17, 15) is 9.59 Å². The molecule has 1 fully saturated rings. The molecule has 19 aromatic rings. The van der Waals surface area contributed by atoms with Crippen molar-refractivity contribution in [3.05, 3.63) is 372 Å². The number of hydrogen-bond donors (Lipinski definition) is 4. The number of azide groups is 1. The van der Waals surface area contributed by atoms with E-state index in [1.807, 2.05) is 146 Å². The first-order valence-electron chi connectivity index (χ1n) is 37.7. The van der Waals surface area contributed by atoms with Crippen LogP contribution in [0.2, 0.25) is 30.1 Å². The molecule has 0 bridgehead atoms. The number of imidazole rings is 3. The minimum atomic E-state index is -1.57. The first-order valence-corrected chi connectivity index (χ1v) is 40.7. The summed E-state index contributed by atoms with van der Waals surface area (Å²) in [6.07, 6.45) is 1.44. The Morgan fingerprint density at radius 2 is 0.883 bits per heavy atom. The number of nitrogens with zero attached hydrogens (tertiary/aromatic N) is 8. The van der Waals surface area contributed by atoms with Crippen LogP contribution in [0, 0.1) is 0 Å². The molecule has 1 aliphatic rings. The molecule has 6 heterocycles. The van der Waals surface area contributed by atoms with Crippen LogP contribution in [0.15, 0.2) is 325 Å². The molecule has 592 valence electrons. The predicted octanol–water partition coefficient (Wildman–Crippen LogP) is 25.7. The Labute approximate surface area is 729 Å². The average Bonchev–Trinajstić information content (AvgIpc) is 1.57. The molecule has 0 amide bonds. The first-order chi connectivity index (χ1) is 58.0. The summed E-state index contributed by atoms with van der Waals surface area (Å²) in [5.74, 6) is 0.804. The lowest BCUT2D eigenvalue weighted by molar-refractivity contribution is 0.00578. The van der Waals surface area contributed by atoms with Crippen molar-refractivity contribution in [2.45, 2.75) is 38.9 Å². The number of nitrogens with one attached hydrogen (secondary N) is 1. The Hall–Kier alpha value is -11.9. The molecule has 1 saturated heterocycles. The van der Waals surface area contributed by atoms with Crippen LogP contribution in [0.1, 0.15) is 48.4 Å². The molecule has 1 aliphatic heterocycles. The van der Waals surface area contributed by atoms with Gasteiger partial charge < -0.3 is 30.1 Å². The van der Waals surface area contributed by atoms with E-state index >= 15 is 0 Å². The molecule has 0 aliphatic carbocycles. The van der Waals surface area contributed by atoms with Crippen LogP contribution in [-0.4, -0.2) is 76.8 Å². The molecule has 0 spiro atoms. The summed E-state index contributed by atoms with van der Waals surface area (Å²) in [5.41, 5.74) is 30.7. The van der Waals surface area contributed by atoms with Gasteiger partial charge in [0, 0.05) is 89.5 Å². The van der Waals surface area contributed by atoms with E-state index in [2.05, 4.69) is 194 Å². The zero-order chi connectivity index (χ0) is 84.4. The smallest absolute Gasteiger partial charge is 0.423 e. The van der Waals surface area contributed by atoms with Gasteiger partial charge in [0.25, 0.3) is 0 Å². The fourth-order valence-electron chi connectivity index (χ4n) is 13.9. The predicted molar refractivity (Wildman–Crippen MR) is 501 cm³/mol. The second-order valence-electron chi connectivity index (χ2n) is 28.5. The van der Waals surface area contributed by atoms with E-state index in [1.54, 1.807) is 30.3 Å². The topological polar surface area (TPSA) is 231 Å². The van der Waals surface area contributed by atoms with Gasteiger partial charge in [-0.2, -0.15) is 0 Å². The van der Waals surface area contributed by atoms with Gasteiger partial charge in [-0.25, -0.2) is 15.0 Å². The molecule has 0 atom stereocenters. The molecular formula is C95H71B2BrCl6N10O6. The molecular weight excluding hydrogens is 1690 g/mol. The van der Waals surface area contributed by atoms with E-state index in [0.717, 1.165) is 121 Å². The molecule has 25 heteroatoms. The monoisotopic (exact) mass is 1760 g/mol. The van der Waals surface area contributed by atoms with Crippen LogP contribution < -0.4 is 16.7 Å². The molecule has 20 rings (SSSR count). The summed E-state index contributed by atoms with van der Waals surface area (Å²) in [4.78, 5) is 41.7. The highest BCUT2D eigenvalue weighted by Gasteiger charge is 2.52. The second kappa shape index (κ2) is 37.6. The Balaban J connectivity index is 0.000000120. The third-order valence-corrected chi connectivity index (χ3v) is 23.0. The third-order valence-electron chi connectivity index (χ3n) is 20.4. The standard InChI is InChI=1S/C25H23BN2O2.C19H12Cl2N2.C19H11ClN2.C13H9ClO.C7H7BO3.C6H4BrCl.C6H5ClN4/c1-24(2)25(3,4)30-26(29-24)16-13-14-22-20(15-16)27-23-19-11-6-5-9-17(19)18-10-7-8-12-21(18)28(22)23;20-12-9-10-17-18(11-12)23-19(22-17)15-7-2-1-5-13(15)14-6-3-4-8-16(14)21;20-12-9-10-18-16(11-12)21-19-15-7-2-1-5-13(15)14-6-3-4-8-17(14)22(18)19;14-13-8-4-3-7-12(13)11-6-2-1-5-10(11)9-15;9-5-6-3-1-2-4-7(6)8(10)11;7-5-3-1-2-4-6(5)8;7-4-1-2-6(10-11-9)5(8)3-4/h5-15H,1-4H3;1-11H,(H,22,23);1-11H;1-9H;1-5,10-11H;1-4H;1-3H,8H2. The maximum atomic E-state index is 10.9. The minimum absolute atomic E-state index is 0.238. The van der Waals surface area contributed by atoms with E-state index in [-0.39, 0.29) is 16.7 Å². The molecule has 120 heavy (non-hydrogen) atoms. The summed E-state index contributed by atoms with van der Waals surface area (Å²) in [6.45, 7) is 8.31. The number of halogens is 7. The van der Waals surface area contributed by atoms with Gasteiger partial charge in [0.15, 0.2) is 6.29 Å².